The zero-order valence-corrected chi connectivity index (χ0v) is 17.5. The first kappa shape index (κ1) is 20.2. The number of nitrogens with one attached hydrogen (secondary N) is 2. The van der Waals surface area contributed by atoms with Crippen LogP contribution in [0.15, 0.2) is 64.9 Å². The van der Waals surface area contributed by atoms with Crippen LogP contribution in [0.2, 0.25) is 5.28 Å². The second-order valence-electron chi connectivity index (χ2n) is 5.97. The predicted octanol–water partition coefficient (Wildman–Crippen LogP) is 3.78. The molecule has 0 atom stereocenters. The Labute approximate surface area is 181 Å². The number of halogens is 1. The van der Waals surface area contributed by atoms with Gasteiger partial charge in [0, 0.05) is 16.6 Å². The van der Waals surface area contributed by atoms with Gasteiger partial charge in [0.2, 0.25) is 27.2 Å². The topological polar surface area (TPSA) is 136 Å². The van der Waals surface area contributed by atoms with Crippen LogP contribution in [0.5, 0.6) is 0 Å². The van der Waals surface area contributed by atoms with E-state index in [1.165, 1.54) is 35.6 Å². The Morgan fingerprint density at radius 2 is 1.53 bits per heavy atom. The van der Waals surface area contributed by atoms with Crippen LogP contribution in [0.1, 0.15) is 0 Å². The molecular weight excluding hydrogens is 446 g/mol. The lowest BCUT2D eigenvalue weighted by Gasteiger charge is -2.07. The third kappa shape index (κ3) is 4.89. The summed E-state index contributed by atoms with van der Waals surface area (Å²) in [7, 11) is -3.76. The molecule has 0 saturated carbocycles. The quantitative estimate of drug-likeness (QED) is 0.396. The molecule has 2 aromatic heterocycles. The summed E-state index contributed by atoms with van der Waals surface area (Å²) in [6, 6.07) is 15.6. The molecule has 0 fully saturated rings. The summed E-state index contributed by atoms with van der Waals surface area (Å²) in [4.78, 5) is 16.9. The van der Waals surface area contributed by atoms with Crippen molar-refractivity contribution in [3.63, 3.8) is 0 Å². The highest BCUT2D eigenvalue weighted by molar-refractivity contribution is 7.89. The molecule has 2 aromatic carbocycles. The lowest BCUT2D eigenvalue weighted by molar-refractivity contribution is 0.598. The van der Waals surface area contributed by atoms with Crippen molar-refractivity contribution in [1.82, 2.24) is 19.9 Å². The maximum atomic E-state index is 11.4. The highest BCUT2D eigenvalue weighted by atomic mass is 35.5. The number of aromatic nitrogens is 4. The number of sulfonamides is 1. The van der Waals surface area contributed by atoms with E-state index in [1.807, 2.05) is 35.7 Å². The van der Waals surface area contributed by atoms with Gasteiger partial charge >= 0.3 is 0 Å². The second-order valence-corrected chi connectivity index (χ2v) is 8.73. The van der Waals surface area contributed by atoms with Gasteiger partial charge in [-0.25, -0.2) is 18.5 Å². The van der Waals surface area contributed by atoms with Gasteiger partial charge in [0.15, 0.2) is 5.13 Å². The second kappa shape index (κ2) is 8.32. The molecule has 12 heteroatoms. The van der Waals surface area contributed by atoms with Crippen molar-refractivity contribution in [2.45, 2.75) is 4.90 Å². The molecule has 9 nitrogen and oxygen atoms in total. The average Bonchev–Trinajstić information content (AvgIpc) is 3.16. The highest BCUT2D eigenvalue weighted by Crippen LogP contribution is 2.27. The molecule has 0 saturated heterocycles. The summed E-state index contributed by atoms with van der Waals surface area (Å²) in [6.07, 6.45) is 0. The van der Waals surface area contributed by atoms with Gasteiger partial charge in [-0.3, -0.25) is 5.32 Å². The molecule has 0 bridgehead atoms. The van der Waals surface area contributed by atoms with E-state index in [2.05, 4.69) is 30.6 Å². The van der Waals surface area contributed by atoms with Gasteiger partial charge in [-0.15, -0.1) is 11.3 Å². The van der Waals surface area contributed by atoms with E-state index in [-0.39, 0.29) is 22.1 Å². The SMILES string of the molecule is NS(=O)(=O)c1ccc(Nc2nc(Cl)nc(Nc3nc(-c4ccccc4)cs3)n2)cc1. The first-order valence-corrected chi connectivity index (χ1v) is 11.3. The first-order chi connectivity index (χ1) is 14.4. The van der Waals surface area contributed by atoms with E-state index in [0.717, 1.165) is 11.3 Å². The molecule has 4 rings (SSSR count). The molecule has 4 N–H and O–H groups in total. The largest absolute Gasteiger partial charge is 0.324 e. The van der Waals surface area contributed by atoms with Crippen molar-refractivity contribution in [2.75, 3.05) is 10.6 Å². The van der Waals surface area contributed by atoms with Gasteiger partial charge in [0.05, 0.1) is 10.6 Å². The van der Waals surface area contributed by atoms with E-state index in [0.29, 0.717) is 10.8 Å². The first-order valence-electron chi connectivity index (χ1n) is 8.46. The monoisotopic (exact) mass is 459 g/mol. The molecule has 30 heavy (non-hydrogen) atoms. The number of thiazole rings is 1. The van der Waals surface area contributed by atoms with Crippen LogP contribution in [0.3, 0.4) is 0 Å². The van der Waals surface area contributed by atoms with E-state index < -0.39 is 10.0 Å². The molecule has 2 heterocycles. The standard InChI is InChI=1S/C18H14ClN7O2S2/c19-15-23-16(21-12-6-8-13(9-7-12)30(20,27)28)25-17(24-15)26-18-22-14(10-29-18)11-4-2-1-3-5-11/h1-10H,(H2,20,27,28)(H2,21,22,23,24,25,26). The third-order valence-electron chi connectivity index (χ3n) is 3.84. The van der Waals surface area contributed by atoms with Gasteiger partial charge in [-0.05, 0) is 35.9 Å². The fourth-order valence-corrected chi connectivity index (χ4v) is 3.88. The van der Waals surface area contributed by atoms with Crippen molar-refractivity contribution in [2.24, 2.45) is 5.14 Å². The van der Waals surface area contributed by atoms with Crippen molar-refractivity contribution in [3.05, 3.63) is 65.3 Å². The molecule has 152 valence electrons. The summed E-state index contributed by atoms with van der Waals surface area (Å²) in [6.45, 7) is 0. The number of benzene rings is 2. The van der Waals surface area contributed by atoms with Crippen LogP contribution in [-0.4, -0.2) is 28.4 Å². The Bertz CT molecular complexity index is 1280. The smallest absolute Gasteiger partial charge is 0.238 e. The lowest BCUT2D eigenvalue weighted by atomic mass is 10.2. The number of nitrogens with two attached hydrogens (primary N) is 1. The van der Waals surface area contributed by atoms with Crippen molar-refractivity contribution < 1.29 is 8.42 Å². The normalized spacial score (nSPS) is 11.3. The average molecular weight is 460 g/mol. The van der Waals surface area contributed by atoms with Gasteiger partial charge in [-0.1, -0.05) is 30.3 Å². The van der Waals surface area contributed by atoms with E-state index in [1.54, 1.807) is 0 Å². The van der Waals surface area contributed by atoms with E-state index in [9.17, 15) is 8.42 Å². The van der Waals surface area contributed by atoms with E-state index in [4.69, 9.17) is 16.7 Å². The van der Waals surface area contributed by atoms with Gasteiger partial charge in [0.1, 0.15) is 0 Å². The number of hydrogen-bond donors (Lipinski definition) is 3. The Hall–Kier alpha value is -3.12. The van der Waals surface area contributed by atoms with Crippen LogP contribution < -0.4 is 15.8 Å². The minimum Gasteiger partial charge on any atom is -0.324 e. The lowest BCUT2D eigenvalue weighted by Crippen LogP contribution is -2.11. The molecule has 4 aromatic rings. The van der Waals surface area contributed by atoms with Gasteiger partial charge < -0.3 is 5.32 Å². The molecule has 0 aliphatic rings. The van der Waals surface area contributed by atoms with Crippen LogP contribution in [0, 0.1) is 0 Å². The van der Waals surface area contributed by atoms with Crippen molar-refractivity contribution in [3.8, 4) is 11.3 Å². The summed E-state index contributed by atoms with van der Waals surface area (Å²) >= 11 is 7.42. The van der Waals surface area contributed by atoms with Gasteiger partial charge in [0.25, 0.3) is 0 Å². The van der Waals surface area contributed by atoms with Crippen LogP contribution >= 0.6 is 22.9 Å². The van der Waals surface area contributed by atoms with Crippen LogP contribution in [0.4, 0.5) is 22.7 Å². The molecule has 0 unspecified atom stereocenters. The molecule has 0 radical (unpaired) electrons. The number of nitrogens with zero attached hydrogens (tertiary/aromatic N) is 4. The number of anilines is 4. The summed E-state index contributed by atoms with van der Waals surface area (Å²) < 4.78 is 22.7. The number of primary sulfonamides is 1. The fourth-order valence-electron chi connectivity index (χ4n) is 2.49. The predicted molar refractivity (Wildman–Crippen MR) is 117 cm³/mol. The minimum atomic E-state index is -3.76. The molecule has 0 aliphatic heterocycles. The summed E-state index contributed by atoms with van der Waals surface area (Å²) in [5.41, 5.74) is 2.38. The number of hydrogen-bond acceptors (Lipinski definition) is 9. The van der Waals surface area contributed by atoms with Crippen molar-refractivity contribution in [1.29, 1.82) is 0 Å². The van der Waals surface area contributed by atoms with Crippen molar-refractivity contribution >= 4 is 55.7 Å². The van der Waals surface area contributed by atoms with Crippen LogP contribution in [0.25, 0.3) is 11.3 Å². The van der Waals surface area contributed by atoms with Gasteiger partial charge in [-0.2, -0.15) is 15.0 Å². The Balaban J connectivity index is 1.52. The maximum Gasteiger partial charge on any atom is 0.238 e. The number of rotatable bonds is 6. The summed E-state index contributed by atoms with van der Waals surface area (Å²) in [5, 5.41) is 13.6. The summed E-state index contributed by atoms with van der Waals surface area (Å²) in [5.74, 6) is 0.397. The third-order valence-corrected chi connectivity index (χ3v) is 5.70. The Kier molecular flexibility index (Phi) is 5.59. The maximum absolute atomic E-state index is 11.4. The fraction of sp³-hybridized carbons (Fsp3) is 0. The molecular formula is C18H14ClN7O2S2. The highest BCUT2D eigenvalue weighted by Gasteiger charge is 2.11. The molecule has 0 spiro atoms. The molecule has 0 amide bonds. The Morgan fingerprint density at radius 3 is 2.20 bits per heavy atom. The minimum absolute atomic E-state index is 0.00192. The Morgan fingerprint density at radius 1 is 0.867 bits per heavy atom. The van der Waals surface area contributed by atoms with E-state index >= 15 is 0 Å². The molecule has 0 aliphatic carbocycles. The van der Waals surface area contributed by atoms with Crippen LogP contribution in [-0.2, 0) is 10.0 Å². The zero-order chi connectivity index (χ0) is 21.1. The zero-order valence-electron chi connectivity index (χ0n) is 15.2.